The predicted octanol–water partition coefficient (Wildman–Crippen LogP) is 5.09. The molecular weight excluding hydrogens is 344 g/mol. The molecule has 4 heteroatoms. The van der Waals surface area contributed by atoms with Gasteiger partial charge in [-0.2, -0.15) is 5.10 Å². The van der Waals surface area contributed by atoms with Crippen LogP contribution in [-0.2, 0) is 0 Å². The molecule has 0 aromatic heterocycles. The molecule has 4 nitrogen and oxygen atoms in total. The second kappa shape index (κ2) is 9.02. The molecule has 154 valence electrons. The monoisotopic (exact) mass is 382 g/mol. The third-order valence-electron chi connectivity index (χ3n) is 5.61. The van der Waals surface area contributed by atoms with Crippen LogP contribution in [0.15, 0.2) is 29.0 Å². The van der Waals surface area contributed by atoms with Gasteiger partial charge in [-0.15, -0.1) is 0 Å². The van der Waals surface area contributed by atoms with Crippen LogP contribution in [0.3, 0.4) is 0 Å². The number of hydrazone groups is 1. The lowest BCUT2D eigenvalue weighted by Crippen LogP contribution is -2.40. The van der Waals surface area contributed by atoms with Crippen molar-refractivity contribution in [2.45, 2.75) is 59.8 Å². The van der Waals surface area contributed by atoms with Crippen LogP contribution in [0.4, 0.5) is 5.69 Å². The van der Waals surface area contributed by atoms with Crippen LogP contribution < -0.4 is 4.90 Å². The fourth-order valence-electron chi connectivity index (χ4n) is 4.41. The Morgan fingerprint density at radius 3 is 2.39 bits per heavy atom. The maximum atomic E-state index is 4.97. The van der Waals surface area contributed by atoms with Crippen molar-refractivity contribution in [2.75, 3.05) is 38.6 Å². The van der Waals surface area contributed by atoms with Crippen molar-refractivity contribution in [3.05, 3.63) is 40.6 Å². The molecule has 1 saturated heterocycles. The van der Waals surface area contributed by atoms with Crippen LogP contribution in [0.2, 0.25) is 0 Å². The smallest absolute Gasteiger partial charge is 0.157 e. The van der Waals surface area contributed by atoms with Crippen molar-refractivity contribution in [3.8, 4) is 0 Å². The summed E-state index contributed by atoms with van der Waals surface area (Å²) in [5, 5.41) is 6.92. The van der Waals surface area contributed by atoms with Gasteiger partial charge >= 0.3 is 0 Å². The number of aryl methyl sites for hydroxylation is 3. The summed E-state index contributed by atoms with van der Waals surface area (Å²) in [5.74, 6) is 2.03. The first-order chi connectivity index (χ1) is 13.4. The first kappa shape index (κ1) is 20.8. The highest BCUT2D eigenvalue weighted by molar-refractivity contribution is 6.11. The van der Waals surface area contributed by atoms with Gasteiger partial charge in [0.15, 0.2) is 5.84 Å². The molecular formula is C24H38N4. The number of amidine groups is 1. The molecule has 2 aliphatic rings. The van der Waals surface area contributed by atoms with E-state index in [4.69, 9.17) is 5.10 Å². The minimum Gasteiger partial charge on any atom is -0.377 e. The Morgan fingerprint density at radius 1 is 1.14 bits per heavy atom. The van der Waals surface area contributed by atoms with Gasteiger partial charge in [0.25, 0.3) is 0 Å². The lowest BCUT2D eigenvalue weighted by atomic mass is 9.98. The van der Waals surface area contributed by atoms with Gasteiger partial charge in [0.1, 0.15) is 0 Å². The Bertz CT molecular complexity index is 720. The molecule has 0 bridgehead atoms. The molecule has 0 N–H and O–H groups in total. The van der Waals surface area contributed by atoms with Gasteiger partial charge in [-0.3, -0.25) is 0 Å². The number of benzene rings is 1. The van der Waals surface area contributed by atoms with Crippen LogP contribution in [0.1, 0.15) is 55.7 Å². The van der Waals surface area contributed by atoms with Gasteiger partial charge in [-0.25, -0.2) is 0 Å². The zero-order chi connectivity index (χ0) is 20.3. The number of hydrogen-bond acceptors (Lipinski definition) is 3. The van der Waals surface area contributed by atoms with Crippen molar-refractivity contribution < 1.29 is 0 Å². The van der Waals surface area contributed by atoms with Gasteiger partial charge in [0, 0.05) is 51.2 Å². The molecule has 1 aliphatic carbocycles. The van der Waals surface area contributed by atoms with Crippen molar-refractivity contribution in [3.63, 3.8) is 0 Å². The lowest BCUT2D eigenvalue weighted by molar-refractivity contribution is 0.356. The highest BCUT2D eigenvalue weighted by Gasteiger charge is 2.28. The Morgan fingerprint density at radius 2 is 1.82 bits per heavy atom. The first-order valence-corrected chi connectivity index (χ1v) is 11.0. The van der Waals surface area contributed by atoms with Crippen LogP contribution in [-0.4, -0.2) is 49.5 Å². The molecule has 3 rings (SSSR count). The summed E-state index contributed by atoms with van der Waals surface area (Å²) in [6, 6.07) is 4.59. The minimum absolute atomic E-state index is 0.902. The summed E-state index contributed by atoms with van der Waals surface area (Å²) in [5.41, 5.74) is 6.73. The molecule has 1 aromatic carbocycles. The average molecular weight is 383 g/mol. The normalized spacial score (nSPS) is 20.1. The molecule has 0 spiro atoms. The van der Waals surface area contributed by atoms with E-state index in [1.165, 1.54) is 60.2 Å². The fraction of sp³-hybridized carbons (Fsp3) is 0.625. The first-order valence-electron chi connectivity index (χ1n) is 11.0. The van der Waals surface area contributed by atoms with Gasteiger partial charge in [0.2, 0.25) is 0 Å². The van der Waals surface area contributed by atoms with E-state index in [9.17, 15) is 0 Å². The van der Waals surface area contributed by atoms with E-state index in [1.807, 2.05) is 19.1 Å². The molecule has 2 fully saturated rings. The van der Waals surface area contributed by atoms with Gasteiger partial charge in [0.05, 0.1) is 0 Å². The van der Waals surface area contributed by atoms with Crippen molar-refractivity contribution in [1.29, 1.82) is 0 Å². The molecule has 1 aliphatic heterocycles. The van der Waals surface area contributed by atoms with E-state index >= 15 is 0 Å². The van der Waals surface area contributed by atoms with Crippen molar-refractivity contribution >= 4 is 11.5 Å². The third-order valence-corrected chi connectivity index (χ3v) is 5.61. The van der Waals surface area contributed by atoms with E-state index in [0.29, 0.717) is 0 Å². The highest BCUT2D eigenvalue weighted by atomic mass is 15.5. The Hall–Kier alpha value is -1.97. The SMILES string of the molecule is CCCN(/C=C1\CCCN(c2c(C)cc(C)cc2C)\C1=N\N(C)C)CC1CC1. The number of piperidine rings is 1. The summed E-state index contributed by atoms with van der Waals surface area (Å²) >= 11 is 0. The van der Waals surface area contributed by atoms with E-state index in [-0.39, 0.29) is 0 Å². The largest absolute Gasteiger partial charge is 0.377 e. The average Bonchev–Trinajstić information content (AvgIpc) is 3.40. The maximum Gasteiger partial charge on any atom is 0.157 e. The molecule has 0 atom stereocenters. The Kier molecular flexibility index (Phi) is 6.69. The zero-order valence-corrected chi connectivity index (χ0v) is 18.8. The molecule has 1 saturated carbocycles. The molecule has 0 amide bonds. The lowest BCUT2D eigenvalue weighted by Gasteiger charge is -2.36. The van der Waals surface area contributed by atoms with Gasteiger partial charge in [-0.1, -0.05) is 24.6 Å². The second-order valence-electron chi connectivity index (χ2n) is 8.87. The zero-order valence-electron chi connectivity index (χ0n) is 18.8. The highest BCUT2D eigenvalue weighted by Crippen LogP contribution is 2.33. The van der Waals surface area contributed by atoms with Crippen LogP contribution in [0, 0.1) is 26.7 Å². The summed E-state index contributed by atoms with van der Waals surface area (Å²) in [6.45, 7) is 12.3. The second-order valence-corrected chi connectivity index (χ2v) is 8.87. The Balaban J connectivity index is 1.98. The molecule has 1 heterocycles. The molecule has 28 heavy (non-hydrogen) atoms. The Labute approximate surface area is 171 Å². The summed E-state index contributed by atoms with van der Waals surface area (Å²) < 4.78 is 0. The summed E-state index contributed by atoms with van der Waals surface area (Å²) in [4.78, 5) is 5.01. The number of rotatable bonds is 7. The van der Waals surface area contributed by atoms with Crippen LogP contribution >= 0.6 is 0 Å². The van der Waals surface area contributed by atoms with Crippen LogP contribution in [0.5, 0.6) is 0 Å². The molecule has 0 unspecified atom stereocenters. The number of nitrogens with zero attached hydrogens (tertiary/aromatic N) is 4. The number of hydrogen-bond donors (Lipinski definition) is 0. The predicted molar refractivity (Wildman–Crippen MR) is 121 cm³/mol. The quantitative estimate of drug-likeness (QED) is 0.613. The van der Waals surface area contributed by atoms with E-state index < -0.39 is 0 Å². The topological polar surface area (TPSA) is 22.1 Å². The van der Waals surface area contributed by atoms with E-state index in [0.717, 1.165) is 31.3 Å². The summed E-state index contributed by atoms with van der Waals surface area (Å²) in [7, 11) is 4.06. The van der Waals surface area contributed by atoms with Crippen LogP contribution in [0.25, 0.3) is 0 Å². The van der Waals surface area contributed by atoms with Gasteiger partial charge in [-0.05, 0) is 69.9 Å². The molecule has 0 radical (unpaired) electrons. The van der Waals surface area contributed by atoms with E-state index in [1.54, 1.807) is 0 Å². The summed E-state index contributed by atoms with van der Waals surface area (Å²) in [6.07, 6.45) is 8.70. The van der Waals surface area contributed by atoms with Crippen molar-refractivity contribution in [2.24, 2.45) is 11.0 Å². The fourth-order valence-corrected chi connectivity index (χ4v) is 4.41. The third kappa shape index (κ3) is 5.09. The molecule has 1 aromatic rings. The number of anilines is 1. The van der Waals surface area contributed by atoms with E-state index in [2.05, 4.69) is 55.8 Å². The standard InChI is InChI=1S/C24H38N4/c1-7-12-27(16-21-10-11-21)17-22-9-8-13-28(24(22)25-26(5)6)23-19(3)14-18(2)15-20(23)4/h14-15,17,21H,7-13,16H2,1-6H3/b22-17+,25-24+. The maximum absolute atomic E-state index is 4.97. The van der Waals surface area contributed by atoms with Crippen molar-refractivity contribution in [1.82, 2.24) is 9.91 Å². The minimum atomic E-state index is 0.902. The van der Waals surface area contributed by atoms with Gasteiger partial charge < -0.3 is 14.8 Å².